The second-order valence-corrected chi connectivity index (χ2v) is 4.35. The molecule has 100 valence electrons. The van der Waals surface area contributed by atoms with Gasteiger partial charge in [0.2, 0.25) is 0 Å². The number of carbonyl (C=O) groups is 1. The zero-order chi connectivity index (χ0) is 14.5. The van der Waals surface area contributed by atoms with Crippen molar-refractivity contribution in [3.8, 4) is 6.07 Å². The highest BCUT2D eigenvalue weighted by Crippen LogP contribution is 2.13. The number of aromatic nitrogens is 1. The van der Waals surface area contributed by atoms with Crippen LogP contribution in [-0.2, 0) is 0 Å². The quantitative estimate of drug-likeness (QED) is 0.888. The van der Waals surface area contributed by atoms with Gasteiger partial charge in [-0.05, 0) is 24.6 Å². The highest BCUT2D eigenvalue weighted by Gasteiger charge is 2.13. The summed E-state index contributed by atoms with van der Waals surface area (Å²) < 4.78 is 0. The minimum atomic E-state index is -0.427. The number of rotatable bonds is 3. The van der Waals surface area contributed by atoms with Crippen LogP contribution in [0.2, 0.25) is 0 Å². The van der Waals surface area contributed by atoms with Crippen LogP contribution in [0.5, 0.6) is 0 Å². The lowest BCUT2D eigenvalue weighted by atomic mass is 10.1. The molecule has 0 aliphatic rings. The average Bonchev–Trinajstić information content (AvgIpc) is 2.47. The van der Waals surface area contributed by atoms with Gasteiger partial charge in [-0.2, -0.15) is 5.26 Å². The number of amides is 1. The summed E-state index contributed by atoms with van der Waals surface area (Å²) in [5, 5.41) is 11.5. The molecule has 20 heavy (non-hydrogen) atoms. The number of nitrogens with zero attached hydrogens (tertiary/aromatic N) is 1. The Morgan fingerprint density at radius 3 is 2.60 bits per heavy atom. The Hall–Kier alpha value is -2.87. The van der Waals surface area contributed by atoms with Crippen LogP contribution in [0.4, 0.5) is 0 Å². The molecule has 2 N–H and O–H groups in total. The lowest BCUT2D eigenvalue weighted by Crippen LogP contribution is -2.30. The number of hydrogen-bond acceptors (Lipinski definition) is 3. The molecule has 1 atom stereocenters. The molecular formula is C15H13N3O2. The molecule has 5 nitrogen and oxygen atoms in total. The van der Waals surface area contributed by atoms with E-state index in [9.17, 15) is 9.59 Å². The third-order valence-electron chi connectivity index (χ3n) is 2.96. The molecule has 1 unspecified atom stereocenters. The number of pyridine rings is 1. The molecule has 1 aromatic carbocycles. The summed E-state index contributed by atoms with van der Waals surface area (Å²) in [7, 11) is 0. The number of carbonyl (C=O) groups excluding carboxylic acids is 1. The highest BCUT2D eigenvalue weighted by molar-refractivity contribution is 5.93. The average molecular weight is 267 g/mol. The maximum Gasteiger partial charge on any atom is 0.257 e. The van der Waals surface area contributed by atoms with Gasteiger partial charge in [-0.25, -0.2) is 0 Å². The topological polar surface area (TPSA) is 85.8 Å². The van der Waals surface area contributed by atoms with Crippen LogP contribution in [0.25, 0.3) is 0 Å². The van der Waals surface area contributed by atoms with Crippen LogP contribution in [-0.4, -0.2) is 10.9 Å². The SMILES string of the molecule is CC(NC(=O)c1c[nH]ccc1=O)c1ccc(C#N)cc1. The first-order chi connectivity index (χ1) is 9.61. The number of H-pyrrole nitrogens is 1. The van der Waals surface area contributed by atoms with Gasteiger partial charge in [-0.1, -0.05) is 12.1 Å². The molecule has 2 aromatic rings. The summed E-state index contributed by atoms with van der Waals surface area (Å²) in [5.74, 6) is -0.427. The predicted octanol–water partition coefficient (Wildman–Crippen LogP) is 1.74. The summed E-state index contributed by atoms with van der Waals surface area (Å²) in [6, 6.07) is 10.0. The first kappa shape index (κ1) is 13.6. The fourth-order valence-electron chi connectivity index (χ4n) is 1.80. The van der Waals surface area contributed by atoms with Crippen molar-refractivity contribution in [3.63, 3.8) is 0 Å². The Morgan fingerprint density at radius 1 is 1.30 bits per heavy atom. The van der Waals surface area contributed by atoms with Crippen LogP contribution in [0.15, 0.2) is 47.5 Å². The molecule has 2 rings (SSSR count). The minimum Gasteiger partial charge on any atom is -0.367 e. The zero-order valence-corrected chi connectivity index (χ0v) is 10.9. The van der Waals surface area contributed by atoms with Gasteiger partial charge >= 0.3 is 0 Å². The van der Waals surface area contributed by atoms with Crippen molar-refractivity contribution in [3.05, 3.63) is 69.6 Å². The largest absolute Gasteiger partial charge is 0.367 e. The third-order valence-corrected chi connectivity index (χ3v) is 2.96. The Kier molecular flexibility index (Phi) is 3.96. The normalized spacial score (nSPS) is 11.4. The molecule has 0 aliphatic carbocycles. The molecule has 1 heterocycles. The fraction of sp³-hybridized carbons (Fsp3) is 0.133. The van der Waals surface area contributed by atoms with Gasteiger partial charge in [0.1, 0.15) is 5.56 Å². The zero-order valence-electron chi connectivity index (χ0n) is 10.9. The molecule has 0 saturated heterocycles. The van der Waals surface area contributed by atoms with Gasteiger partial charge in [-0.3, -0.25) is 9.59 Å². The summed E-state index contributed by atoms with van der Waals surface area (Å²) in [6.07, 6.45) is 2.85. The van der Waals surface area contributed by atoms with Crippen molar-refractivity contribution in [2.24, 2.45) is 0 Å². The number of hydrogen-bond donors (Lipinski definition) is 2. The van der Waals surface area contributed by atoms with E-state index in [0.29, 0.717) is 5.56 Å². The van der Waals surface area contributed by atoms with E-state index in [2.05, 4.69) is 10.3 Å². The first-order valence-corrected chi connectivity index (χ1v) is 6.10. The first-order valence-electron chi connectivity index (χ1n) is 6.10. The van der Waals surface area contributed by atoms with Gasteiger partial charge in [-0.15, -0.1) is 0 Å². The highest BCUT2D eigenvalue weighted by atomic mass is 16.2. The van der Waals surface area contributed by atoms with Crippen molar-refractivity contribution in [1.82, 2.24) is 10.3 Å². The second-order valence-electron chi connectivity index (χ2n) is 4.35. The summed E-state index contributed by atoms with van der Waals surface area (Å²) in [5.41, 5.74) is 1.18. The molecule has 5 heteroatoms. The predicted molar refractivity (Wildman–Crippen MR) is 74.1 cm³/mol. The van der Waals surface area contributed by atoms with Crippen LogP contribution < -0.4 is 10.7 Å². The molecular weight excluding hydrogens is 254 g/mol. The Morgan fingerprint density at radius 2 is 2.00 bits per heavy atom. The fourth-order valence-corrected chi connectivity index (χ4v) is 1.80. The van der Waals surface area contributed by atoms with E-state index in [1.54, 1.807) is 24.3 Å². The Labute approximate surface area is 115 Å². The number of benzene rings is 1. The van der Waals surface area contributed by atoms with Gasteiger partial charge < -0.3 is 10.3 Å². The lowest BCUT2D eigenvalue weighted by molar-refractivity contribution is 0.0938. The van der Waals surface area contributed by atoms with Crippen LogP contribution >= 0.6 is 0 Å². The van der Waals surface area contributed by atoms with E-state index < -0.39 is 5.91 Å². The summed E-state index contributed by atoms with van der Waals surface area (Å²) >= 11 is 0. The van der Waals surface area contributed by atoms with Crippen LogP contribution in [0.3, 0.4) is 0 Å². The molecule has 0 spiro atoms. The molecule has 0 saturated carbocycles. The number of aromatic amines is 1. The molecule has 0 aliphatic heterocycles. The standard InChI is InChI=1S/C15H13N3O2/c1-10(12-4-2-11(8-16)3-5-12)18-15(20)13-9-17-7-6-14(13)19/h2-7,9-10H,1H3,(H,17,19)(H,18,20). The lowest BCUT2D eigenvalue weighted by Gasteiger charge is -2.14. The monoisotopic (exact) mass is 267 g/mol. The number of nitriles is 1. The smallest absolute Gasteiger partial charge is 0.257 e. The van der Waals surface area contributed by atoms with Crippen molar-refractivity contribution in [1.29, 1.82) is 5.26 Å². The maximum absolute atomic E-state index is 12.0. The molecule has 1 amide bonds. The Bertz CT molecular complexity index is 711. The molecule has 0 radical (unpaired) electrons. The van der Waals surface area contributed by atoms with E-state index in [-0.39, 0.29) is 17.0 Å². The minimum absolute atomic E-state index is 0.0768. The van der Waals surface area contributed by atoms with Crippen molar-refractivity contribution >= 4 is 5.91 Å². The van der Waals surface area contributed by atoms with Crippen LogP contribution in [0.1, 0.15) is 34.5 Å². The van der Waals surface area contributed by atoms with E-state index >= 15 is 0 Å². The molecule has 1 aromatic heterocycles. The van der Waals surface area contributed by atoms with E-state index in [1.807, 2.05) is 13.0 Å². The van der Waals surface area contributed by atoms with Gasteiger partial charge in [0, 0.05) is 18.5 Å². The van der Waals surface area contributed by atoms with Crippen LogP contribution in [0, 0.1) is 11.3 Å². The molecule has 0 bridgehead atoms. The van der Waals surface area contributed by atoms with Gasteiger partial charge in [0.25, 0.3) is 5.91 Å². The Balaban J connectivity index is 2.13. The van der Waals surface area contributed by atoms with Crippen molar-refractivity contribution in [2.75, 3.05) is 0 Å². The van der Waals surface area contributed by atoms with Gasteiger partial charge in [0.15, 0.2) is 5.43 Å². The second kappa shape index (κ2) is 5.85. The number of nitrogens with one attached hydrogen (secondary N) is 2. The summed E-state index contributed by atoms with van der Waals surface area (Å²) in [6.45, 7) is 1.82. The summed E-state index contributed by atoms with van der Waals surface area (Å²) in [4.78, 5) is 26.2. The van der Waals surface area contributed by atoms with Crippen molar-refractivity contribution in [2.45, 2.75) is 13.0 Å². The van der Waals surface area contributed by atoms with E-state index in [1.165, 1.54) is 18.5 Å². The van der Waals surface area contributed by atoms with E-state index in [4.69, 9.17) is 5.26 Å². The maximum atomic E-state index is 12.0. The van der Waals surface area contributed by atoms with Gasteiger partial charge in [0.05, 0.1) is 17.7 Å². The molecule has 0 fully saturated rings. The third kappa shape index (κ3) is 2.93. The van der Waals surface area contributed by atoms with E-state index in [0.717, 1.165) is 5.56 Å². The van der Waals surface area contributed by atoms with Crippen molar-refractivity contribution < 1.29 is 4.79 Å².